The maximum atomic E-state index is 8.46. The van der Waals surface area contributed by atoms with Crippen molar-refractivity contribution in [3.63, 3.8) is 0 Å². The van der Waals surface area contributed by atoms with Gasteiger partial charge < -0.3 is 5.11 Å². The molecule has 0 radical (unpaired) electrons. The van der Waals surface area contributed by atoms with Gasteiger partial charge in [0.25, 0.3) is 0 Å². The van der Waals surface area contributed by atoms with Crippen LogP contribution < -0.4 is 0 Å². The maximum absolute atomic E-state index is 8.46. The van der Waals surface area contributed by atoms with Crippen molar-refractivity contribution in [1.82, 2.24) is 0 Å². The molecule has 0 heterocycles. The van der Waals surface area contributed by atoms with Gasteiger partial charge in [-0.15, -0.1) is 0 Å². The summed E-state index contributed by atoms with van der Waals surface area (Å²) >= 11 is 0. The van der Waals surface area contributed by atoms with Gasteiger partial charge in [0.05, 0.1) is 0 Å². The highest BCUT2D eigenvalue weighted by molar-refractivity contribution is 4.92. The third kappa shape index (κ3) is 9.44. The minimum Gasteiger partial charge on any atom is -0.396 e. The number of allylic oxidation sites excluding steroid dienone is 4. The molecule has 0 fully saturated rings. The first-order valence-electron chi connectivity index (χ1n) is 4.32. The van der Waals surface area contributed by atoms with E-state index >= 15 is 0 Å². The Morgan fingerprint density at radius 2 is 1.82 bits per heavy atom. The van der Waals surface area contributed by atoms with Crippen molar-refractivity contribution in [2.45, 2.75) is 32.6 Å². The summed E-state index contributed by atoms with van der Waals surface area (Å²) in [5, 5.41) is 8.46. The molecule has 0 spiro atoms. The average Bonchev–Trinajstić information content (AvgIpc) is 2.03. The molecule has 1 nitrogen and oxygen atoms in total. The zero-order chi connectivity index (χ0) is 8.36. The first kappa shape index (κ1) is 10.4. The molecule has 0 amide bonds. The molecule has 0 aliphatic rings. The van der Waals surface area contributed by atoms with E-state index in [0.29, 0.717) is 6.61 Å². The van der Waals surface area contributed by atoms with Crippen LogP contribution in [0.15, 0.2) is 24.3 Å². The second-order valence-electron chi connectivity index (χ2n) is 2.45. The van der Waals surface area contributed by atoms with Crippen molar-refractivity contribution < 1.29 is 5.11 Å². The van der Waals surface area contributed by atoms with Crippen LogP contribution in [0.4, 0.5) is 0 Å². The number of unbranched alkanes of at least 4 members (excludes halogenated alkanes) is 1. The Hall–Kier alpha value is -0.560. The molecule has 1 N–H and O–H groups in total. The first-order valence-corrected chi connectivity index (χ1v) is 4.32. The molecule has 64 valence electrons. The highest BCUT2D eigenvalue weighted by Gasteiger charge is 1.77. The molecule has 0 saturated carbocycles. The molecule has 0 aliphatic heterocycles. The van der Waals surface area contributed by atoms with Gasteiger partial charge in [-0.2, -0.15) is 0 Å². The number of hydrogen-bond donors (Lipinski definition) is 1. The first-order chi connectivity index (χ1) is 5.41. The van der Waals surface area contributed by atoms with Crippen molar-refractivity contribution in [3.05, 3.63) is 24.3 Å². The quantitative estimate of drug-likeness (QED) is 0.460. The van der Waals surface area contributed by atoms with Crippen LogP contribution in [0.1, 0.15) is 32.6 Å². The van der Waals surface area contributed by atoms with Crippen molar-refractivity contribution in [1.29, 1.82) is 0 Å². The highest BCUT2D eigenvalue weighted by Crippen LogP contribution is 1.93. The molecular weight excluding hydrogens is 136 g/mol. The molecule has 1 heteroatoms. The summed E-state index contributed by atoms with van der Waals surface area (Å²) in [5.41, 5.74) is 0. The lowest BCUT2D eigenvalue weighted by molar-refractivity contribution is 0.289. The van der Waals surface area contributed by atoms with Gasteiger partial charge in [0.15, 0.2) is 0 Å². The predicted molar refractivity (Wildman–Crippen MR) is 49.5 cm³/mol. The molecule has 0 aromatic carbocycles. The minimum atomic E-state index is 0.301. The molecular formula is C10H18O. The lowest BCUT2D eigenvalue weighted by atomic mass is 10.2. The third-order valence-corrected chi connectivity index (χ3v) is 1.37. The molecule has 0 rings (SSSR count). The smallest absolute Gasteiger partial charge is 0.0433 e. The number of rotatable bonds is 6. The van der Waals surface area contributed by atoms with Crippen molar-refractivity contribution >= 4 is 0 Å². The third-order valence-electron chi connectivity index (χ3n) is 1.37. The molecule has 0 aromatic heterocycles. The largest absolute Gasteiger partial charge is 0.396 e. The van der Waals surface area contributed by atoms with E-state index in [4.69, 9.17) is 5.11 Å². The van der Waals surface area contributed by atoms with Crippen LogP contribution in [0.5, 0.6) is 0 Å². The van der Waals surface area contributed by atoms with Crippen LogP contribution in [0, 0.1) is 0 Å². The Bertz CT molecular complexity index is 114. The van der Waals surface area contributed by atoms with Gasteiger partial charge in [-0.3, -0.25) is 0 Å². The van der Waals surface area contributed by atoms with Gasteiger partial charge >= 0.3 is 0 Å². The predicted octanol–water partition coefficient (Wildman–Crippen LogP) is 2.67. The van der Waals surface area contributed by atoms with Crippen LogP contribution in [0.2, 0.25) is 0 Å². The molecule has 0 bridgehead atoms. The average molecular weight is 154 g/mol. The lowest BCUT2D eigenvalue weighted by Crippen LogP contribution is -1.77. The fourth-order valence-electron chi connectivity index (χ4n) is 0.765. The fourth-order valence-corrected chi connectivity index (χ4v) is 0.765. The summed E-state index contributed by atoms with van der Waals surface area (Å²) < 4.78 is 0. The highest BCUT2D eigenvalue weighted by atomic mass is 16.2. The zero-order valence-corrected chi connectivity index (χ0v) is 7.29. The summed E-state index contributed by atoms with van der Waals surface area (Å²) in [6.45, 7) is 2.43. The lowest BCUT2D eigenvalue weighted by Gasteiger charge is -1.86. The molecule has 0 unspecified atom stereocenters. The van der Waals surface area contributed by atoms with Crippen molar-refractivity contribution in [3.8, 4) is 0 Å². The van der Waals surface area contributed by atoms with E-state index in [9.17, 15) is 0 Å². The van der Waals surface area contributed by atoms with Crippen LogP contribution >= 0.6 is 0 Å². The molecule has 0 aliphatic carbocycles. The molecule has 11 heavy (non-hydrogen) atoms. The van der Waals surface area contributed by atoms with E-state index < -0.39 is 0 Å². The van der Waals surface area contributed by atoms with Crippen LogP contribution in [-0.4, -0.2) is 11.7 Å². The fraction of sp³-hybridized carbons (Fsp3) is 0.600. The number of aliphatic hydroxyl groups excluding tert-OH is 1. The van der Waals surface area contributed by atoms with E-state index in [1.165, 1.54) is 0 Å². The van der Waals surface area contributed by atoms with E-state index in [2.05, 4.69) is 31.2 Å². The standard InChI is InChI=1S/C10H18O/c1-2-3-4-5-6-7-8-9-10-11/h3-4,6-7,11H,2,5,8-10H2,1H3/b4-3-,7-6-. The second kappa shape index (κ2) is 9.44. The van der Waals surface area contributed by atoms with Crippen molar-refractivity contribution in [2.75, 3.05) is 6.61 Å². The summed E-state index contributed by atoms with van der Waals surface area (Å²) in [4.78, 5) is 0. The van der Waals surface area contributed by atoms with Gasteiger partial charge in [-0.25, -0.2) is 0 Å². The zero-order valence-electron chi connectivity index (χ0n) is 7.29. The van der Waals surface area contributed by atoms with Gasteiger partial charge in [0, 0.05) is 6.61 Å². The second-order valence-corrected chi connectivity index (χ2v) is 2.45. The topological polar surface area (TPSA) is 20.2 Å². The maximum Gasteiger partial charge on any atom is 0.0433 e. The van der Waals surface area contributed by atoms with E-state index in [0.717, 1.165) is 25.7 Å². The summed E-state index contributed by atoms with van der Waals surface area (Å²) in [6.07, 6.45) is 12.6. The summed E-state index contributed by atoms with van der Waals surface area (Å²) in [5.74, 6) is 0. The molecule has 0 aromatic rings. The Kier molecular flexibility index (Phi) is 8.96. The number of aliphatic hydroxyl groups is 1. The Labute approximate surface area is 69.4 Å². The van der Waals surface area contributed by atoms with E-state index in [-0.39, 0.29) is 0 Å². The van der Waals surface area contributed by atoms with Gasteiger partial charge in [-0.1, -0.05) is 31.2 Å². The van der Waals surface area contributed by atoms with E-state index in [1.807, 2.05) is 0 Å². The van der Waals surface area contributed by atoms with Gasteiger partial charge in [0.2, 0.25) is 0 Å². The Morgan fingerprint density at radius 3 is 2.45 bits per heavy atom. The van der Waals surface area contributed by atoms with Gasteiger partial charge in [-0.05, 0) is 25.7 Å². The minimum absolute atomic E-state index is 0.301. The normalized spacial score (nSPS) is 11.8. The van der Waals surface area contributed by atoms with E-state index in [1.54, 1.807) is 0 Å². The monoisotopic (exact) mass is 154 g/mol. The van der Waals surface area contributed by atoms with Gasteiger partial charge in [0.1, 0.15) is 0 Å². The molecule has 0 saturated heterocycles. The van der Waals surface area contributed by atoms with Crippen LogP contribution in [-0.2, 0) is 0 Å². The Morgan fingerprint density at radius 1 is 1.09 bits per heavy atom. The Balaban J connectivity index is 3.09. The number of hydrogen-bond acceptors (Lipinski definition) is 1. The SMILES string of the molecule is CC/C=C\C/C=C\CCCO. The van der Waals surface area contributed by atoms with Crippen molar-refractivity contribution in [2.24, 2.45) is 0 Å². The van der Waals surface area contributed by atoms with Crippen LogP contribution in [0.3, 0.4) is 0 Å². The molecule has 0 atom stereocenters. The van der Waals surface area contributed by atoms with Crippen LogP contribution in [0.25, 0.3) is 0 Å². The summed E-state index contributed by atoms with van der Waals surface area (Å²) in [7, 11) is 0. The summed E-state index contributed by atoms with van der Waals surface area (Å²) in [6, 6.07) is 0.